The Kier molecular flexibility index (Phi) is 2.56. The topological polar surface area (TPSA) is 32.9 Å². The van der Waals surface area contributed by atoms with Crippen molar-refractivity contribution < 1.29 is 0 Å². The first kappa shape index (κ1) is 10.0. The van der Waals surface area contributed by atoms with Crippen LogP contribution < -0.4 is 5.56 Å². The molecule has 0 radical (unpaired) electrons. The van der Waals surface area contributed by atoms with Gasteiger partial charge < -0.3 is 4.98 Å². The molecule has 0 aliphatic carbocycles. The second-order valence-corrected chi connectivity index (χ2v) is 4.38. The smallest absolute Gasteiger partial charge is 0.248 e. The molecule has 2 nitrogen and oxygen atoms in total. The average molecular weight is 293 g/mol. The lowest BCUT2D eigenvalue weighted by molar-refractivity contribution is 1.31. The van der Waals surface area contributed by atoms with E-state index in [1.807, 2.05) is 0 Å². The molecule has 0 fully saturated rings. The first-order valence-corrected chi connectivity index (χ1v) is 5.31. The SMILES string of the molecule is O=c1ccc2cc(Br)c(Cl)c(Cl)c2[nH]1. The zero-order chi connectivity index (χ0) is 10.3. The Balaban J connectivity index is 2.99. The van der Waals surface area contributed by atoms with Crippen molar-refractivity contribution in [1.29, 1.82) is 0 Å². The number of hydrogen-bond donors (Lipinski definition) is 1. The standard InChI is InChI=1S/C9H4BrCl2NO/c10-5-3-4-1-2-6(14)13-9(4)8(12)7(5)11/h1-3H,(H,13,14). The number of halogens is 3. The van der Waals surface area contributed by atoms with Crippen molar-refractivity contribution in [1.82, 2.24) is 4.98 Å². The highest BCUT2D eigenvalue weighted by molar-refractivity contribution is 9.10. The van der Waals surface area contributed by atoms with Crippen molar-refractivity contribution >= 4 is 50.0 Å². The van der Waals surface area contributed by atoms with Crippen LogP contribution in [0.5, 0.6) is 0 Å². The maximum absolute atomic E-state index is 11.1. The molecule has 0 amide bonds. The molecule has 0 saturated carbocycles. The number of H-pyrrole nitrogens is 1. The van der Waals surface area contributed by atoms with Gasteiger partial charge in [-0.3, -0.25) is 4.79 Å². The van der Waals surface area contributed by atoms with Crippen LogP contribution in [-0.2, 0) is 0 Å². The number of rotatable bonds is 0. The number of fused-ring (bicyclic) bond motifs is 1. The van der Waals surface area contributed by atoms with Gasteiger partial charge in [0.25, 0.3) is 0 Å². The van der Waals surface area contributed by atoms with Gasteiger partial charge in [0.2, 0.25) is 5.56 Å². The highest BCUT2D eigenvalue weighted by atomic mass is 79.9. The van der Waals surface area contributed by atoms with Crippen LogP contribution in [-0.4, -0.2) is 4.98 Å². The normalized spacial score (nSPS) is 10.8. The molecule has 2 aromatic rings. The predicted molar refractivity (Wildman–Crippen MR) is 62.3 cm³/mol. The molecule has 0 saturated heterocycles. The van der Waals surface area contributed by atoms with Crippen LogP contribution >= 0.6 is 39.1 Å². The second-order valence-electron chi connectivity index (χ2n) is 2.77. The van der Waals surface area contributed by atoms with Gasteiger partial charge in [-0.1, -0.05) is 23.2 Å². The Morgan fingerprint density at radius 2 is 1.93 bits per heavy atom. The molecule has 72 valence electrons. The van der Waals surface area contributed by atoms with Crippen molar-refractivity contribution in [3.8, 4) is 0 Å². The largest absolute Gasteiger partial charge is 0.321 e. The Morgan fingerprint density at radius 1 is 1.21 bits per heavy atom. The van der Waals surface area contributed by atoms with E-state index in [0.29, 0.717) is 20.0 Å². The highest BCUT2D eigenvalue weighted by Gasteiger charge is 2.08. The van der Waals surface area contributed by atoms with E-state index >= 15 is 0 Å². The molecule has 1 aromatic carbocycles. The van der Waals surface area contributed by atoms with E-state index in [4.69, 9.17) is 23.2 Å². The minimum Gasteiger partial charge on any atom is -0.321 e. The van der Waals surface area contributed by atoms with Crippen molar-refractivity contribution in [2.45, 2.75) is 0 Å². The van der Waals surface area contributed by atoms with E-state index in [1.54, 1.807) is 12.1 Å². The van der Waals surface area contributed by atoms with Crippen molar-refractivity contribution in [2.24, 2.45) is 0 Å². The van der Waals surface area contributed by atoms with Crippen LogP contribution in [0.3, 0.4) is 0 Å². The van der Waals surface area contributed by atoms with Crippen LogP contribution in [0.25, 0.3) is 10.9 Å². The maximum Gasteiger partial charge on any atom is 0.248 e. The lowest BCUT2D eigenvalue weighted by atomic mass is 10.2. The number of hydrogen-bond acceptors (Lipinski definition) is 1. The molecule has 0 aliphatic rings. The molecule has 2 rings (SSSR count). The second kappa shape index (κ2) is 3.57. The molecule has 0 spiro atoms. The third-order valence-corrected chi connectivity index (χ3v) is 3.58. The summed E-state index contributed by atoms with van der Waals surface area (Å²) in [6, 6.07) is 4.94. The van der Waals surface area contributed by atoms with Crippen LogP contribution in [0.1, 0.15) is 0 Å². The highest BCUT2D eigenvalue weighted by Crippen LogP contribution is 2.35. The van der Waals surface area contributed by atoms with Gasteiger partial charge in [-0.05, 0) is 28.1 Å². The quantitative estimate of drug-likeness (QED) is 0.740. The molecule has 0 unspecified atom stereocenters. The van der Waals surface area contributed by atoms with E-state index in [-0.39, 0.29) is 5.56 Å². The molecule has 1 heterocycles. The number of pyridine rings is 1. The van der Waals surface area contributed by atoms with Gasteiger partial charge >= 0.3 is 0 Å². The lowest BCUT2D eigenvalue weighted by Gasteiger charge is -2.03. The van der Waals surface area contributed by atoms with E-state index < -0.39 is 0 Å². The van der Waals surface area contributed by atoms with Gasteiger partial charge in [-0.2, -0.15) is 0 Å². The van der Waals surface area contributed by atoms with Gasteiger partial charge in [0, 0.05) is 15.9 Å². The minimum atomic E-state index is -0.196. The number of aromatic amines is 1. The summed E-state index contributed by atoms with van der Waals surface area (Å²) >= 11 is 15.2. The Bertz CT molecular complexity index is 564. The van der Waals surface area contributed by atoms with E-state index in [9.17, 15) is 4.79 Å². The summed E-state index contributed by atoms with van der Waals surface area (Å²) < 4.78 is 0.712. The molecule has 0 aliphatic heterocycles. The molecular weight excluding hydrogens is 289 g/mol. The van der Waals surface area contributed by atoms with Gasteiger partial charge in [0.05, 0.1) is 15.6 Å². The summed E-state index contributed by atoms with van der Waals surface area (Å²) in [5, 5.41) is 1.60. The zero-order valence-electron chi connectivity index (χ0n) is 6.77. The summed E-state index contributed by atoms with van der Waals surface area (Å²) in [6.07, 6.45) is 0. The third-order valence-electron chi connectivity index (χ3n) is 1.86. The number of aromatic nitrogens is 1. The molecular formula is C9H4BrCl2NO. The Hall–Kier alpha value is -0.510. The summed E-state index contributed by atoms with van der Waals surface area (Å²) in [7, 11) is 0. The van der Waals surface area contributed by atoms with Crippen molar-refractivity contribution in [2.75, 3.05) is 0 Å². The third kappa shape index (κ3) is 1.56. The van der Waals surface area contributed by atoms with Crippen molar-refractivity contribution in [3.05, 3.63) is 43.1 Å². The maximum atomic E-state index is 11.1. The summed E-state index contributed by atoms with van der Waals surface area (Å²) in [5.74, 6) is 0. The van der Waals surface area contributed by atoms with Crippen molar-refractivity contribution in [3.63, 3.8) is 0 Å². The predicted octanol–water partition coefficient (Wildman–Crippen LogP) is 3.60. The van der Waals surface area contributed by atoms with Crippen LogP contribution in [0, 0.1) is 0 Å². The molecule has 5 heteroatoms. The zero-order valence-corrected chi connectivity index (χ0v) is 9.87. The molecule has 1 N–H and O–H groups in total. The summed E-state index contributed by atoms with van der Waals surface area (Å²) in [4.78, 5) is 13.7. The molecule has 0 bridgehead atoms. The first-order chi connectivity index (χ1) is 6.59. The van der Waals surface area contributed by atoms with E-state index in [2.05, 4.69) is 20.9 Å². The fourth-order valence-electron chi connectivity index (χ4n) is 1.20. The number of benzene rings is 1. The van der Waals surface area contributed by atoms with Crippen LogP contribution in [0.15, 0.2) is 27.5 Å². The Labute approximate surface area is 98.0 Å². The first-order valence-electron chi connectivity index (χ1n) is 3.76. The summed E-state index contributed by atoms with van der Waals surface area (Å²) in [5.41, 5.74) is 0.366. The van der Waals surface area contributed by atoms with Gasteiger partial charge in [-0.15, -0.1) is 0 Å². The van der Waals surface area contributed by atoms with Gasteiger partial charge in [0.1, 0.15) is 0 Å². The minimum absolute atomic E-state index is 0.196. The fraction of sp³-hybridized carbons (Fsp3) is 0. The van der Waals surface area contributed by atoms with Crippen LogP contribution in [0.2, 0.25) is 10.0 Å². The molecule has 0 atom stereocenters. The fourth-order valence-corrected chi connectivity index (χ4v) is 2.17. The van der Waals surface area contributed by atoms with Gasteiger partial charge in [0.15, 0.2) is 0 Å². The van der Waals surface area contributed by atoms with E-state index in [0.717, 1.165) is 5.39 Å². The van der Waals surface area contributed by atoms with Crippen LogP contribution in [0.4, 0.5) is 0 Å². The molecule has 14 heavy (non-hydrogen) atoms. The molecule has 1 aromatic heterocycles. The Morgan fingerprint density at radius 3 is 2.64 bits per heavy atom. The van der Waals surface area contributed by atoms with E-state index in [1.165, 1.54) is 6.07 Å². The summed E-state index contributed by atoms with van der Waals surface area (Å²) in [6.45, 7) is 0. The lowest BCUT2D eigenvalue weighted by Crippen LogP contribution is -2.02. The monoisotopic (exact) mass is 291 g/mol. The average Bonchev–Trinajstić information content (AvgIpc) is 2.16. The number of nitrogens with one attached hydrogen (secondary N) is 1. The van der Waals surface area contributed by atoms with Gasteiger partial charge in [-0.25, -0.2) is 0 Å².